The molecule has 3 rings (SSSR count). The SMILES string of the molecule is CCOC(=O)c1ccc(NC(=O)c2ccc(OCC)c(COc3ccccc3OC)c2)cc1. The fraction of sp³-hybridized carbons (Fsp3) is 0.231. The fourth-order valence-corrected chi connectivity index (χ4v) is 3.13. The predicted octanol–water partition coefficient (Wildman–Crippen LogP) is 5.10. The molecule has 0 aliphatic carbocycles. The fourth-order valence-electron chi connectivity index (χ4n) is 3.13. The minimum atomic E-state index is -0.401. The molecule has 1 amide bonds. The van der Waals surface area contributed by atoms with Gasteiger partial charge < -0.3 is 24.3 Å². The molecule has 0 aromatic heterocycles. The summed E-state index contributed by atoms with van der Waals surface area (Å²) in [7, 11) is 1.58. The molecule has 0 aliphatic rings. The van der Waals surface area contributed by atoms with Crippen LogP contribution in [0.5, 0.6) is 17.2 Å². The Kier molecular flexibility index (Phi) is 8.30. The van der Waals surface area contributed by atoms with Gasteiger partial charge in [-0.05, 0) is 68.4 Å². The molecule has 0 radical (unpaired) electrons. The summed E-state index contributed by atoms with van der Waals surface area (Å²) in [6.45, 7) is 4.63. The van der Waals surface area contributed by atoms with Crippen LogP contribution in [0, 0.1) is 0 Å². The molecule has 0 saturated heterocycles. The number of benzene rings is 3. The maximum atomic E-state index is 12.8. The lowest BCUT2D eigenvalue weighted by Crippen LogP contribution is -2.13. The highest BCUT2D eigenvalue weighted by Crippen LogP contribution is 2.29. The molecule has 3 aromatic rings. The van der Waals surface area contributed by atoms with Crippen LogP contribution in [0.3, 0.4) is 0 Å². The van der Waals surface area contributed by atoms with Crippen LogP contribution in [0.2, 0.25) is 0 Å². The Balaban J connectivity index is 1.74. The molecule has 0 aliphatic heterocycles. The van der Waals surface area contributed by atoms with E-state index in [9.17, 15) is 9.59 Å². The Labute approximate surface area is 193 Å². The Hall–Kier alpha value is -4.00. The molecule has 0 unspecified atom stereocenters. The van der Waals surface area contributed by atoms with Crippen molar-refractivity contribution in [3.05, 3.63) is 83.4 Å². The first-order valence-corrected chi connectivity index (χ1v) is 10.7. The van der Waals surface area contributed by atoms with E-state index in [0.29, 0.717) is 47.3 Å². The average Bonchev–Trinajstić information content (AvgIpc) is 2.84. The van der Waals surface area contributed by atoms with Crippen LogP contribution in [0.15, 0.2) is 66.7 Å². The van der Waals surface area contributed by atoms with Crippen molar-refractivity contribution >= 4 is 17.6 Å². The van der Waals surface area contributed by atoms with Gasteiger partial charge in [-0.15, -0.1) is 0 Å². The number of carbonyl (C=O) groups is 2. The van der Waals surface area contributed by atoms with E-state index in [1.54, 1.807) is 56.5 Å². The number of anilines is 1. The maximum absolute atomic E-state index is 12.8. The van der Waals surface area contributed by atoms with Gasteiger partial charge >= 0.3 is 5.97 Å². The lowest BCUT2D eigenvalue weighted by Gasteiger charge is -2.15. The lowest BCUT2D eigenvalue weighted by atomic mass is 10.1. The van der Waals surface area contributed by atoms with Gasteiger partial charge in [-0.1, -0.05) is 12.1 Å². The highest BCUT2D eigenvalue weighted by atomic mass is 16.5. The number of ether oxygens (including phenoxy) is 4. The number of nitrogens with one attached hydrogen (secondary N) is 1. The van der Waals surface area contributed by atoms with Crippen molar-refractivity contribution in [3.8, 4) is 17.2 Å². The maximum Gasteiger partial charge on any atom is 0.338 e. The van der Waals surface area contributed by atoms with E-state index in [2.05, 4.69) is 5.32 Å². The molecule has 0 spiro atoms. The highest BCUT2D eigenvalue weighted by Gasteiger charge is 2.13. The van der Waals surface area contributed by atoms with Crippen LogP contribution < -0.4 is 19.5 Å². The molecule has 3 aromatic carbocycles. The molecule has 1 N–H and O–H groups in total. The molecule has 0 fully saturated rings. The highest BCUT2D eigenvalue weighted by molar-refractivity contribution is 6.04. The van der Waals surface area contributed by atoms with Crippen LogP contribution in [-0.4, -0.2) is 32.2 Å². The second-order valence-corrected chi connectivity index (χ2v) is 6.95. The third-order valence-electron chi connectivity index (χ3n) is 4.73. The van der Waals surface area contributed by atoms with Gasteiger partial charge in [-0.2, -0.15) is 0 Å². The summed E-state index contributed by atoms with van der Waals surface area (Å²) in [5.74, 6) is 1.17. The second-order valence-electron chi connectivity index (χ2n) is 6.95. The normalized spacial score (nSPS) is 10.3. The van der Waals surface area contributed by atoms with E-state index < -0.39 is 5.97 Å². The molecule has 172 valence electrons. The number of para-hydroxylation sites is 2. The number of rotatable bonds is 10. The molecule has 0 bridgehead atoms. The van der Waals surface area contributed by atoms with Crippen molar-refractivity contribution < 1.29 is 28.5 Å². The van der Waals surface area contributed by atoms with Gasteiger partial charge in [0.25, 0.3) is 5.91 Å². The van der Waals surface area contributed by atoms with Crippen molar-refractivity contribution in [1.29, 1.82) is 0 Å². The van der Waals surface area contributed by atoms with E-state index in [1.807, 2.05) is 31.2 Å². The monoisotopic (exact) mass is 449 g/mol. The standard InChI is InChI=1S/C26H27NO6/c1-4-31-22-15-12-19(16-20(22)17-33-24-9-7-6-8-23(24)30-3)25(28)27-21-13-10-18(11-14-21)26(29)32-5-2/h6-16H,4-5,17H2,1-3H3,(H,27,28). The molecule has 0 heterocycles. The van der Waals surface area contributed by atoms with Crippen LogP contribution in [0.4, 0.5) is 5.69 Å². The van der Waals surface area contributed by atoms with E-state index in [-0.39, 0.29) is 12.5 Å². The number of methoxy groups -OCH3 is 1. The minimum absolute atomic E-state index is 0.199. The Morgan fingerprint density at radius 3 is 2.15 bits per heavy atom. The van der Waals surface area contributed by atoms with Gasteiger partial charge in [0.05, 0.1) is 25.9 Å². The number of hydrogen-bond donors (Lipinski definition) is 1. The summed E-state index contributed by atoms with van der Waals surface area (Å²) < 4.78 is 21.9. The molecule has 0 saturated carbocycles. The zero-order valence-electron chi connectivity index (χ0n) is 18.9. The molecule has 33 heavy (non-hydrogen) atoms. The van der Waals surface area contributed by atoms with Gasteiger partial charge in [0.1, 0.15) is 12.4 Å². The third kappa shape index (κ3) is 6.26. The predicted molar refractivity (Wildman–Crippen MR) is 125 cm³/mol. The lowest BCUT2D eigenvalue weighted by molar-refractivity contribution is 0.0526. The van der Waals surface area contributed by atoms with Gasteiger partial charge in [-0.25, -0.2) is 4.79 Å². The number of amides is 1. The zero-order valence-corrected chi connectivity index (χ0v) is 18.9. The first-order chi connectivity index (χ1) is 16.0. The molecule has 7 heteroatoms. The summed E-state index contributed by atoms with van der Waals surface area (Å²) in [6.07, 6.45) is 0. The van der Waals surface area contributed by atoms with Crippen LogP contribution in [0.1, 0.15) is 40.1 Å². The summed E-state index contributed by atoms with van der Waals surface area (Å²) >= 11 is 0. The molecule has 0 atom stereocenters. The van der Waals surface area contributed by atoms with E-state index in [0.717, 1.165) is 5.56 Å². The molecular weight excluding hydrogens is 422 g/mol. The average molecular weight is 450 g/mol. The Bertz CT molecular complexity index is 1090. The summed E-state index contributed by atoms with van der Waals surface area (Å²) in [4.78, 5) is 24.6. The first-order valence-electron chi connectivity index (χ1n) is 10.7. The quantitative estimate of drug-likeness (QED) is 0.434. The Morgan fingerprint density at radius 2 is 1.48 bits per heavy atom. The summed E-state index contributed by atoms with van der Waals surface area (Å²) in [5, 5.41) is 2.83. The van der Waals surface area contributed by atoms with Crippen molar-refractivity contribution in [2.24, 2.45) is 0 Å². The van der Waals surface area contributed by atoms with Crippen molar-refractivity contribution in [1.82, 2.24) is 0 Å². The number of hydrogen-bond acceptors (Lipinski definition) is 6. The van der Waals surface area contributed by atoms with Crippen molar-refractivity contribution in [2.45, 2.75) is 20.5 Å². The number of carbonyl (C=O) groups excluding carboxylic acids is 2. The van der Waals surface area contributed by atoms with Gasteiger partial charge in [-0.3, -0.25) is 4.79 Å². The Morgan fingerprint density at radius 1 is 0.788 bits per heavy atom. The largest absolute Gasteiger partial charge is 0.493 e. The topological polar surface area (TPSA) is 83.1 Å². The summed E-state index contributed by atoms with van der Waals surface area (Å²) in [5.41, 5.74) is 2.17. The van der Waals surface area contributed by atoms with Gasteiger partial charge in [0, 0.05) is 16.8 Å². The van der Waals surface area contributed by atoms with Crippen LogP contribution >= 0.6 is 0 Å². The molecular formula is C26H27NO6. The summed E-state index contributed by atoms with van der Waals surface area (Å²) in [6, 6.07) is 19.1. The zero-order chi connectivity index (χ0) is 23.6. The third-order valence-corrected chi connectivity index (χ3v) is 4.73. The van der Waals surface area contributed by atoms with Gasteiger partial charge in [0.2, 0.25) is 0 Å². The van der Waals surface area contributed by atoms with E-state index in [4.69, 9.17) is 18.9 Å². The van der Waals surface area contributed by atoms with Crippen LogP contribution in [0.25, 0.3) is 0 Å². The van der Waals surface area contributed by atoms with E-state index >= 15 is 0 Å². The van der Waals surface area contributed by atoms with Crippen molar-refractivity contribution in [2.75, 3.05) is 25.6 Å². The smallest absolute Gasteiger partial charge is 0.338 e. The first kappa shape index (κ1) is 23.7. The second kappa shape index (κ2) is 11.6. The minimum Gasteiger partial charge on any atom is -0.493 e. The van der Waals surface area contributed by atoms with Gasteiger partial charge in [0.15, 0.2) is 11.5 Å². The van der Waals surface area contributed by atoms with E-state index in [1.165, 1.54) is 0 Å². The number of esters is 1. The van der Waals surface area contributed by atoms with Crippen molar-refractivity contribution in [3.63, 3.8) is 0 Å². The van der Waals surface area contributed by atoms with Crippen LogP contribution in [-0.2, 0) is 11.3 Å². The molecule has 7 nitrogen and oxygen atoms in total.